The van der Waals surface area contributed by atoms with Crippen LogP contribution < -0.4 is 0 Å². The van der Waals surface area contributed by atoms with Crippen molar-refractivity contribution in [1.82, 2.24) is 0 Å². The fraction of sp³-hybridized carbons (Fsp3) is 0.429. The molecule has 0 aliphatic rings. The van der Waals surface area contributed by atoms with Crippen molar-refractivity contribution >= 4 is 0 Å². The molecule has 0 saturated carbocycles. The van der Waals surface area contributed by atoms with Gasteiger partial charge in [0.1, 0.15) is 11.5 Å². The van der Waals surface area contributed by atoms with Gasteiger partial charge in [0.2, 0.25) is 0 Å². The predicted molar refractivity (Wildman–Crippen MR) is 96.4 cm³/mol. The van der Waals surface area contributed by atoms with Gasteiger partial charge in [0.05, 0.1) is 0 Å². The second-order valence-corrected chi connectivity index (χ2v) is 8.38. The van der Waals surface area contributed by atoms with Crippen molar-refractivity contribution in [2.24, 2.45) is 0 Å². The number of benzene rings is 2. The van der Waals surface area contributed by atoms with E-state index in [1.807, 2.05) is 12.1 Å². The van der Waals surface area contributed by atoms with Crippen LogP contribution in [0.1, 0.15) is 63.8 Å². The van der Waals surface area contributed by atoms with E-state index in [1.54, 1.807) is 12.1 Å². The first-order chi connectivity index (χ1) is 10.5. The topological polar surface area (TPSA) is 40.5 Å². The lowest BCUT2D eigenvalue weighted by Crippen LogP contribution is -2.18. The van der Waals surface area contributed by atoms with E-state index >= 15 is 0 Å². The summed E-state index contributed by atoms with van der Waals surface area (Å²) in [5.74, 6) is 0.699. The van der Waals surface area contributed by atoms with Gasteiger partial charge in [0, 0.05) is 0 Å². The van der Waals surface area contributed by atoms with Crippen molar-refractivity contribution in [2.75, 3.05) is 0 Å². The van der Waals surface area contributed by atoms with Gasteiger partial charge in [-0.25, -0.2) is 0 Å². The largest absolute Gasteiger partial charge is 0.508 e. The molecular weight excluding hydrogens is 284 g/mol. The molecule has 0 bridgehead atoms. The molecule has 0 aliphatic heterocycles. The van der Waals surface area contributed by atoms with E-state index in [-0.39, 0.29) is 16.6 Å². The standard InChI is InChI=1S/C21H28O2/c1-20(2,3)17-12-15(11-14-7-9-16(22)10-8-14)13-18(19(17)23)21(4,5)6/h7-10,12-13,22-23H,11H2,1-6H3. The van der Waals surface area contributed by atoms with Crippen LogP contribution in [-0.4, -0.2) is 10.2 Å². The van der Waals surface area contributed by atoms with Crippen molar-refractivity contribution < 1.29 is 10.2 Å². The third-order valence-corrected chi connectivity index (χ3v) is 4.13. The van der Waals surface area contributed by atoms with Crippen LogP contribution in [0.25, 0.3) is 0 Å². The van der Waals surface area contributed by atoms with Crippen molar-refractivity contribution in [3.05, 3.63) is 58.7 Å². The molecule has 124 valence electrons. The summed E-state index contributed by atoms with van der Waals surface area (Å²) in [6.07, 6.45) is 0.784. The quantitative estimate of drug-likeness (QED) is 0.791. The molecule has 0 radical (unpaired) electrons. The summed E-state index contributed by atoms with van der Waals surface area (Å²) >= 11 is 0. The van der Waals surface area contributed by atoms with Crippen molar-refractivity contribution in [1.29, 1.82) is 0 Å². The maximum absolute atomic E-state index is 10.8. The molecule has 2 aromatic rings. The Hall–Kier alpha value is -1.96. The lowest BCUT2D eigenvalue weighted by atomic mass is 9.78. The number of aromatic hydroxyl groups is 2. The molecule has 2 N–H and O–H groups in total. The zero-order chi connectivity index (χ0) is 17.4. The monoisotopic (exact) mass is 312 g/mol. The number of phenolic OH excluding ortho intramolecular Hbond substituents is 2. The molecule has 2 nitrogen and oxygen atoms in total. The zero-order valence-corrected chi connectivity index (χ0v) is 15.1. The number of hydrogen-bond donors (Lipinski definition) is 2. The summed E-state index contributed by atoms with van der Waals surface area (Å²) in [4.78, 5) is 0. The Morgan fingerprint density at radius 2 is 1.13 bits per heavy atom. The Balaban J connectivity index is 2.53. The summed E-state index contributed by atoms with van der Waals surface area (Å²) in [7, 11) is 0. The van der Waals surface area contributed by atoms with Crippen LogP contribution in [0, 0.1) is 0 Å². The highest BCUT2D eigenvalue weighted by molar-refractivity contribution is 5.50. The van der Waals surface area contributed by atoms with Gasteiger partial charge in [0.25, 0.3) is 0 Å². The Morgan fingerprint density at radius 1 is 0.696 bits per heavy atom. The second-order valence-electron chi connectivity index (χ2n) is 8.38. The highest BCUT2D eigenvalue weighted by Crippen LogP contribution is 2.40. The highest BCUT2D eigenvalue weighted by Gasteiger charge is 2.26. The highest BCUT2D eigenvalue weighted by atomic mass is 16.3. The molecule has 0 fully saturated rings. The van der Waals surface area contributed by atoms with Crippen molar-refractivity contribution in [2.45, 2.75) is 58.8 Å². The molecule has 2 heteroatoms. The van der Waals surface area contributed by atoms with Crippen molar-refractivity contribution in [3.63, 3.8) is 0 Å². The van der Waals surface area contributed by atoms with Gasteiger partial charge in [-0.2, -0.15) is 0 Å². The molecule has 0 spiro atoms. The smallest absolute Gasteiger partial charge is 0.123 e. The van der Waals surface area contributed by atoms with E-state index in [2.05, 4.69) is 53.7 Å². The Morgan fingerprint density at radius 3 is 1.52 bits per heavy atom. The third kappa shape index (κ3) is 4.07. The van der Waals surface area contributed by atoms with Gasteiger partial charge >= 0.3 is 0 Å². The molecule has 0 saturated heterocycles. The molecule has 0 unspecified atom stereocenters. The summed E-state index contributed by atoms with van der Waals surface area (Å²) in [5.41, 5.74) is 4.07. The van der Waals surface area contributed by atoms with E-state index in [9.17, 15) is 10.2 Å². The van der Waals surface area contributed by atoms with E-state index < -0.39 is 0 Å². The van der Waals surface area contributed by atoms with E-state index in [0.29, 0.717) is 5.75 Å². The van der Waals surface area contributed by atoms with Gasteiger partial charge in [-0.15, -0.1) is 0 Å². The Kier molecular flexibility index (Phi) is 4.48. The van der Waals surface area contributed by atoms with Gasteiger partial charge in [-0.3, -0.25) is 0 Å². The maximum atomic E-state index is 10.8. The van der Waals surface area contributed by atoms with Crippen LogP contribution in [0.15, 0.2) is 36.4 Å². The molecule has 2 rings (SSSR count). The minimum atomic E-state index is -0.116. The number of phenols is 2. The summed E-state index contributed by atoms with van der Waals surface area (Å²) in [5, 5.41) is 20.2. The normalized spacial score (nSPS) is 12.4. The second kappa shape index (κ2) is 5.92. The average Bonchev–Trinajstić information content (AvgIpc) is 2.40. The molecule has 0 aromatic heterocycles. The Bertz CT molecular complexity index is 648. The van der Waals surface area contributed by atoms with Crippen LogP contribution in [0.2, 0.25) is 0 Å². The fourth-order valence-corrected chi connectivity index (χ4v) is 2.79. The zero-order valence-electron chi connectivity index (χ0n) is 15.1. The van der Waals surface area contributed by atoms with Crippen LogP contribution in [0.4, 0.5) is 0 Å². The van der Waals surface area contributed by atoms with Crippen LogP contribution in [-0.2, 0) is 17.3 Å². The summed E-state index contributed by atoms with van der Waals surface area (Å²) in [6, 6.07) is 11.5. The maximum Gasteiger partial charge on any atom is 0.123 e. The minimum Gasteiger partial charge on any atom is -0.508 e. The van der Waals surface area contributed by atoms with E-state index in [0.717, 1.165) is 23.1 Å². The molecular formula is C21H28O2. The van der Waals surface area contributed by atoms with Gasteiger partial charge in [0.15, 0.2) is 0 Å². The summed E-state index contributed by atoms with van der Waals surface area (Å²) < 4.78 is 0. The predicted octanol–water partition coefficient (Wildman–Crippen LogP) is 5.28. The fourth-order valence-electron chi connectivity index (χ4n) is 2.79. The molecule has 0 aliphatic carbocycles. The lowest BCUT2D eigenvalue weighted by Gasteiger charge is -2.28. The molecule has 2 aromatic carbocycles. The van der Waals surface area contributed by atoms with Crippen molar-refractivity contribution in [3.8, 4) is 11.5 Å². The van der Waals surface area contributed by atoms with Gasteiger partial charge < -0.3 is 10.2 Å². The Labute approximate surface area is 139 Å². The molecule has 0 amide bonds. The minimum absolute atomic E-state index is 0.116. The molecule has 0 atom stereocenters. The summed E-state index contributed by atoms with van der Waals surface area (Å²) in [6.45, 7) is 12.7. The van der Waals surface area contributed by atoms with Crippen LogP contribution in [0.3, 0.4) is 0 Å². The molecule has 23 heavy (non-hydrogen) atoms. The molecule has 0 heterocycles. The van der Waals surface area contributed by atoms with E-state index in [4.69, 9.17) is 0 Å². The van der Waals surface area contributed by atoms with Crippen LogP contribution in [0.5, 0.6) is 11.5 Å². The van der Waals surface area contributed by atoms with Crippen LogP contribution >= 0.6 is 0 Å². The van der Waals surface area contributed by atoms with E-state index in [1.165, 1.54) is 5.56 Å². The average molecular weight is 312 g/mol. The SMILES string of the molecule is CC(C)(C)c1cc(Cc2ccc(O)cc2)cc(C(C)(C)C)c1O. The first-order valence-corrected chi connectivity index (χ1v) is 8.13. The number of hydrogen-bond acceptors (Lipinski definition) is 2. The van der Waals surface area contributed by atoms with Gasteiger partial charge in [-0.05, 0) is 51.6 Å². The number of rotatable bonds is 2. The first-order valence-electron chi connectivity index (χ1n) is 8.13. The third-order valence-electron chi connectivity index (χ3n) is 4.13. The lowest BCUT2D eigenvalue weighted by molar-refractivity contribution is 0.423. The van der Waals surface area contributed by atoms with Gasteiger partial charge in [-0.1, -0.05) is 65.8 Å². The first kappa shape index (κ1) is 17.4.